The Hall–Kier alpha value is -0.845. The third-order valence-corrected chi connectivity index (χ3v) is 3.21. The second-order valence-corrected chi connectivity index (χ2v) is 5.30. The lowest BCUT2D eigenvalue weighted by molar-refractivity contribution is 0.0706. The molecule has 1 aromatic heterocycles. The van der Waals surface area contributed by atoms with E-state index in [9.17, 15) is 0 Å². The van der Waals surface area contributed by atoms with Gasteiger partial charge in [-0.3, -0.25) is 4.68 Å². The largest absolute Gasteiger partial charge is 0.497 e. The van der Waals surface area contributed by atoms with Crippen molar-refractivity contribution >= 4 is 12.6 Å². The molecule has 0 bridgehead atoms. The summed E-state index contributed by atoms with van der Waals surface area (Å²) in [6.07, 6.45) is 4.50. The highest BCUT2D eigenvalue weighted by Crippen LogP contribution is 2.15. The second-order valence-electron chi connectivity index (χ2n) is 5.30. The van der Waals surface area contributed by atoms with Crippen LogP contribution in [0.1, 0.15) is 47.1 Å². The van der Waals surface area contributed by atoms with Gasteiger partial charge in [-0.05, 0) is 34.1 Å². The van der Waals surface area contributed by atoms with Crippen LogP contribution in [0.25, 0.3) is 0 Å². The van der Waals surface area contributed by atoms with Gasteiger partial charge in [0.15, 0.2) is 0 Å². The lowest BCUT2D eigenvalue weighted by Gasteiger charge is -2.27. The summed E-state index contributed by atoms with van der Waals surface area (Å²) in [5, 5.41) is 13.4. The van der Waals surface area contributed by atoms with Gasteiger partial charge in [0, 0.05) is 30.1 Å². The van der Waals surface area contributed by atoms with Gasteiger partial charge >= 0.3 is 7.12 Å². The highest BCUT2D eigenvalue weighted by atomic mass is 16.6. The van der Waals surface area contributed by atoms with E-state index in [1.807, 2.05) is 33.9 Å². The molecule has 0 aromatic carbocycles. The van der Waals surface area contributed by atoms with E-state index in [0.717, 1.165) is 11.9 Å². The van der Waals surface area contributed by atoms with E-state index < -0.39 is 7.12 Å². The first-order valence-corrected chi connectivity index (χ1v) is 6.87. The Balaban J connectivity index is 2.84. The third-order valence-electron chi connectivity index (χ3n) is 3.21. The average Bonchev–Trinajstić information content (AvgIpc) is 2.86. The van der Waals surface area contributed by atoms with E-state index in [1.54, 1.807) is 10.9 Å². The van der Waals surface area contributed by atoms with Crippen LogP contribution in [0.5, 0.6) is 0 Å². The van der Waals surface area contributed by atoms with E-state index in [1.165, 1.54) is 0 Å². The highest BCUT2D eigenvalue weighted by molar-refractivity contribution is 6.61. The molecule has 0 spiro atoms. The monoisotopic (exact) mass is 268 g/mol. The van der Waals surface area contributed by atoms with E-state index in [-0.39, 0.29) is 18.2 Å². The van der Waals surface area contributed by atoms with Crippen LogP contribution in [-0.2, 0) is 9.31 Å². The normalized spacial score (nSPS) is 13.6. The van der Waals surface area contributed by atoms with Gasteiger partial charge in [-0.15, -0.1) is 0 Å². The summed E-state index contributed by atoms with van der Waals surface area (Å²) in [5.74, 6) is 0. The zero-order valence-corrected chi connectivity index (χ0v) is 12.6. The van der Waals surface area contributed by atoms with Crippen LogP contribution in [0, 0.1) is 0 Å². The van der Waals surface area contributed by atoms with Gasteiger partial charge in [0.25, 0.3) is 0 Å². The molecule has 1 aromatic rings. The van der Waals surface area contributed by atoms with E-state index in [4.69, 9.17) is 14.4 Å². The number of rotatable bonds is 8. The van der Waals surface area contributed by atoms with Gasteiger partial charge in [-0.2, -0.15) is 5.10 Å². The fourth-order valence-corrected chi connectivity index (χ4v) is 1.52. The molecule has 6 heteroatoms. The second kappa shape index (κ2) is 7.08. The smallest absolute Gasteiger partial charge is 0.407 e. The summed E-state index contributed by atoms with van der Waals surface area (Å²) in [4.78, 5) is 0. The molecule has 0 fully saturated rings. The molecular weight excluding hydrogens is 243 g/mol. The van der Waals surface area contributed by atoms with Gasteiger partial charge in [0.2, 0.25) is 0 Å². The molecule has 1 atom stereocenters. The lowest BCUT2D eigenvalue weighted by Crippen LogP contribution is -2.43. The summed E-state index contributed by atoms with van der Waals surface area (Å²) in [5.41, 5.74) is 0.633. The molecule has 108 valence electrons. The van der Waals surface area contributed by atoms with Gasteiger partial charge in [0.1, 0.15) is 0 Å². The van der Waals surface area contributed by atoms with Crippen LogP contribution in [-0.4, -0.2) is 40.8 Å². The molecule has 0 saturated heterocycles. The van der Waals surface area contributed by atoms with Gasteiger partial charge < -0.3 is 14.4 Å². The van der Waals surface area contributed by atoms with Crippen LogP contribution < -0.4 is 5.46 Å². The summed E-state index contributed by atoms with van der Waals surface area (Å²) in [6, 6.07) is -0.0461. The van der Waals surface area contributed by atoms with Crippen molar-refractivity contribution in [3.8, 4) is 0 Å². The van der Waals surface area contributed by atoms with E-state index >= 15 is 0 Å². The zero-order valence-electron chi connectivity index (χ0n) is 12.6. The lowest BCUT2D eigenvalue weighted by atomic mass is 9.79. The number of aliphatic hydroxyl groups excluding tert-OH is 1. The predicted molar refractivity (Wildman–Crippen MR) is 76.5 cm³/mol. The summed E-state index contributed by atoms with van der Waals surface area (Å²) in [7, 11) is -0.417. The molecule has 0 radical (unpaired) electrons. The van der Waals surface area contributed by atoms with Crippen molar-refractivity contribution in [2.24, 2.45) is 0 Å². The molecular formula is C13H25BN2O3. The molecule has 0 aliphatic heterocycles. The maximum atomic E-state index is 9.14. The fourth-order valence-electron chi connectivity index (χ4n) is 1.52. The average molecular weight is 268 g/mol. The Bertz CT molecular complexity index is 382. The van der Waals surface area contributed by atoms with Crippen LogP contribution >= 0.6 is 0 Å². The Labute approximate surface area is 116 Å². The standard InChI is InChI=1S/C13H25BN2O3/c1-6-13(4,5)19-14(18-7-2)12-8-15-16(9-12)11(3)10-17/h8-9,11,17H,6-7,10H2,1-5H3/t11-/m1/s1. The Morgan fingerprint density at radius 3 is 2.68 bits per heavy atom. The van der Waals surface area contributed by atoms with Crippen molar-refractivity contribution in [1.82, 2.24) is 9.78 Å². The van der Waals surface area contributed by atoms with Gasteiger partial charge in [0.05, 0.1) is 12.6 Å². The summed E-state index contributed by atoms with van der Waals surface area (Å²) >= 11 is 0. The van der Waals surface area contributed by atoms with Crippen LogP contribution in [0.15, 0.2) is 12.4 Å². The van der Waals surface area contributed by atoms with Crippen molar-refractivity contribution in [3.63, 3.8) is 0 Å². The third kappa shape index (κ3) is 4.64. The predicted octanol–water partition coefficient (Wildman–Crippen LogP) is 1.37. The van der Waals surface area contributed by atoms with Crippen LogP contribution in [0.3, 0.4) is 0 Å². The van der Waals surface area contributed by atoms with Gasteiger partial charge in [-0.25, -0.2) is 0 Å². The molecule has 0 aliphatic carbocycles. The quantitative estimate of drug-likeness (QED) is 0.723. The van der Waals surface area contributed by atoms with Crippen molar-refractivity contribution < 1.29 is 14.4 Å². The molecule has 1 rings (SSSR count). The minimum absolute atomic E-state index is 0.0461. The zero-order chi connectivity index (χ0) is 14.5. The molecule has 0 unspecified atom stereocenters. The maximum Gasteiger partial charge on any atom is 0.497 e. The van der Waals surface area contributed by atoms with Crippen molar-refractivity contribution in [2.45, 2.75) is 52.7 Å². The molecule has 19 heavy (non-hydrogen) atoms. The number of aliphatic hydroxyl groups is 1. The topological polar surface area (TPSA) is 56.5 Å². The fraction of sp³-hybridized carbons (Fsp3) is 0.769. The first kappa shape index (κ1) is 16.2. The Kier molecular flexibility index (Phi) is 6.04. The highest BCUT2D eigenvalue weighted by Gasteiger charge is 2.30. The number of aromatic nitrogens is 2. The number of nitrogens with zero attached hydrogens (tertiary/aromatic N) is 2. The first-order chi connectivity index (χ1) is 8.93. The Morgan fingerprint density at radius 2 is 2.16 bits per heavy atom. The van der Waals surface area contributed by atoms with E-state index in [0.29, 0.717) is 6.61 Å². The van der Waals surface area contributed by atoms with Crippen LogP contribution in [0.4, 0.5) is 0 Å². The number of hydrogen-bond acceptors (Lipinski definition) is 4. The minimum atomic E-state index is -0.417. The molecule has 0 amide bonds. The Morgan fingerprint density at radius 1 is 1.47 bits per heavy atom. The molecule has 0 aliphatic rings. The van der Waals surface area contributed by atoms with Crippen LogP contribution in [0.2, 0.25) is 0 Å². The minimum Gasteiger partial charge on any atom is -0.407 e. The SMILES string of the molecule is CCOB(OC(C)(C)CC)c1cnn([C@H](C)CO)c1. The number of hydrogen-bond donors (Lipinski definition) is 1. The van der Waals surface area contributed by atoms with E-state index in [2.05, 4.69) is 12.0 Å². The first-order valence-electron chi connectivity index (χ1n) is 6.87. The molecule has 1 N–H and O–H groups in total. The van der Waals surface area contributed by atoms with Crippen molar-refractivity contribution in [1.29, 1.82) is 0 Å². The maximum absolute atomic E-state index is 9.14. The summed E-state index contributed by atoms with van der Waals surface area (Å²) < 4.78 is 13.4. The summed E-state index contributed by atoms with van der Waals surface area (Å²) in [6.45, 7) is 10.6. The van der Waals surface area contributed by atoms with Crippen molar-refractivity contribution in [2.75, 3.05) is 13.2 Å². The molecule has 1 heterocycles. The molecule has 0 saturated carbocycles. The molecule has 5 nitrogen and oxygen atoms in total. The van der Waals surface area contributed by atoms with Crippen molar-refractivity contribution in [3.05, 3.63) is 12.4 Å². The van der Waals surface area contributed by atoms with Gasteiger partial charge in [-0.1, -0.05) is 6.92 Å².